The van der Waals surface area contributed by atoms with E-state index in [1.54, 1.807) is 0 Å². The smallest absolute Gasteiger partial charge is 0.318 e. The molecule has 2 N–H and O–H groups in total. The first kappa shape index (κ1) is 17.2. The van der Waals surface area contributed by atoms with Gasteiger partial charge in [-0.3, -0.25) is 0 Å². The summed E-state index contributed by atoms with van der Waals surface area (Å²) in [7, 11) is 0. The number of rotatable bonds is 3. The molecule has 2 heterocycles. The zero-order valence-electron chi connectivity index (χ0n) is 14.8. The number of nitrogens with one attached hydrogen (secondary N) is 2. The second-order valence-electron chi connectivity index (χ2n) is 6.88. The van der Waals surface area contributed by atoms with Crippen LogP contribution in [0.1, 0.15) is 42.0 Å². The van der Waals surface area contributed by atoms with Gasteiger partial charge in [-0.2, -0.15) is 0 Å². The highest BCUT2D eigenvalue weighted by molar-refractivity contribution is 5.75. The van der Waals surface area contributed by atoms with Crippen LogP contribution in [-0.2, 0) is 4.74 Å². The second-order valence-corrected chi connectivity index (χ2v) is 6.88. The summed E-state index contributed by atoms with van der Waals surface area (Å²) in [5.74, 6) is 0. The van der Waals surface area contributed by atoms with Crippen molar-refractivity contribution in [2.45, 2.75) is 45.3 Å². The van der Waals surface area contributed by atoms with Crippen LogP contribution in [0.15, 0.2) is 18.2 Å². The molecule has 3 rings (SSSR count). The topological polar surface area (TPSA) is 53.6 Å². The van der Waals surface area contributed by atoms with Gasteiger partial charge in [0.2, 0.25) is 0 Å². The highest BCUT2D eigenvalue weighted by Crippen LogP contribution is 2.34. The highest BCUT2D eigenvalue weighted by Gasteiger charge is 2.31. The van der Waals surface area contributed by atoms with E-state index in [9.17, 15) is 4.79 Å². The summed E-state index contributed by atoms with van der Waals surface area (Å²) < 4.78 is 5.77. The van der Waals surface area contributed by atoms with Crippen molar-refractivity contribution in [2.24, 2.45) is 0 Å². The van der Waals surface area contributed by atoms with Crippen LogP contribution >= 0.6 is 0 Å². The SMILES string of the molecule is Cc1cccc(C2CCCN2C(=O)NCC2CNCCCO2)c1C. The molecule has 1 aromatic rings. The third-order valence-corrected chi connectivity index (χ3v) is 5.22. The van der Waals surface area contributed by atoms with Crippen LogP contribution in [-0.4, -0.2) is 49.8 Å². The number of hydrogen-bond acceptors (Lipinski definition) is 3. The van der Waals surface area contributed by atoms with Crippen LogP contribution in [0.5, 0.6) is 0 Å². The summed E-state index contributed by atoms with van der Waals surface area (Å²) in [5, 5.41) is 6.43. The Balaban J connectivity index is 1.62. The lowest BCUT2D eigenvalue weighted by molar-refractivity contribution is 0.0670. The van der Waals surface area contributed by atoms with E-state index in [0.29, 0.717) is 6.54 Å². The number of benzene rings is 1. The number of amides is 2. The van der Waals surface area contributed by atoms with Crippen molar-refractivity contribution < 1.29 is 9.53 Å². The number of nitrogens with zero attached hydrogens (tertiary/aromatic N) is 1. The Bertz CT molecular complexity index is 568. The number of ether oxygens (including phenoxy) is 1. The summed E-state index contributed by atoms with van der Waals surface area (Å²) in [5.41, 5.74) is 3.88. The molecule has 0 aromatic heterocycles. The average molecular weight is 331 g/mol. The number of aryl methyl sites for hydroxylation is 1. The van der Waals surface area contributed by atoms with Crippen LogP contribution in [0.4, 0.5) is 4.79 Å². The molecule has 5 heteroatoms. The van der Waals surface area contributed by atoms with E-state index in [0.717, 1.165) is 45.5 Å². The Kier molecular flexibility index (Phi) is 5.74. The van der Waals surface area contributed by atoms with Gasteiger partial charge < -0.3 is 20.3 Å². The van der Waals surface area contributed by atoms with Gasteiger partial charge in [0.25, 0.3) is 0 Å². The second kappa shape index (κ2) is 7.99. The van der Waals surface area contributed by atoms with Gasteiger partial charge in [0.1, 0.15) is 0 Å². The van der Waals surface area contributed by atoms with Crippen molar-refractivity contribution in [3.8, 4) is 0 Å². The van der Waals surface area contributed by atoms with Crippen LogP contribution in [0.3, 0.4) is 0 Å². The minimum Gasteiger partial charge on any atom is -0.375 e. The molecular weight excluding hydrogens is 302 g/mol. The van der Waals surface area contributed by atoms with Gasteiger partial charge in [0.05, 0.1) is 12.1 Å². The summed E-state index contributed by atoms with van der Waals surface area (Å²) in [6.07, 6.45) is 3.20. The van der Waals surface area contributed by atoms with E-state index >= 15 is 0 Å². The van der Waals surface area contributed by atoms with Crippen LogP contribution in [0.25, 0.3) is 0 Å². The van der Waals surface area contributed by atoms with Crippen LogP contribution < -0.4 is 10.6 Å². The zero-order valence-corrected chi connectivity index (χ0v) is 14.8. The lowest BCUT2D eigenvalue weighted by Crippen LogP contribution is -2.44. The summed E-state index contributed by atoms with van der Waals surface area (Å²) >= 11 is 0. The molecule has 2 fully saturated rings. The molecule has 2 unspecified atom stereocenters. The maximum absolute atomic E-state index is 12.7. The zero-order chi connectivity index (χ0) is 16.9. The molecule has 0 saturated carbocycles. The third kappa shape index (κ3) is 3.90. The molecule has 2 saturated heterocycles. The number of carbonyl (C=O) groups excluding carboxylic acids is 1. The summed E-state index contributed by atoms with van der Waals surface area (Å²) in [6, 6.07) is 6.62. The van der Waals surface area contributed by atoms with Gasteiger partial charge in [-0.15, -0.1) is 0 Å². The van der Waals surface area contributed by atoms with Crippen molar-refractivity contribution in [3.63, 3.8) is 0 Å². The first-order valence-corrected chi connectivity index (χ1v) is 9.09. The number of hydrogen-bond donors (Lipinski definition) is 2. The van der Waals surface area contributed by atoms with E-state index < -0.39 is 0 Å². The predicted molar refractivity (Wildman–Crippen MR) is 95.2 cm³/mol. The molecule has 2 atom stereocenters. The minimum atomic E-state index is 0.0336. The van der Waals surface area contributed by atoms with Crippen LogP contribution in [0, 0.1) is 13.8 Å². The normalized spacial score (nSPS) is 24.7. The molecule has 0 spiro atoms. The molecule has 0 aliphatic carbocycles. The molecular formula is C19H29N3O2. The van der Waals surface area contributed by atoms with Crippen LogP contribution in [0.2, 0.25) is 0 Å². The van der Waals surface area contributed by atoms with Crippen molar-refractivity contribution in [1.82, 2.24) is 15.5 Å². The first-order chi connectivity index (χ1) is 11.7. The summed E-state index contributed by atoms with van der Waals surface area (Å²) in [4.78, 5) is 14.7. The molecule has 2 amide bonds. The molecule has 2 aliphatic rings. The number of urea groups is 1. The largest absolute Gasteiger partial charge is 0.375 e. The standard InChI is InChI=1S/C19H29N3O2/c1-14-6-3-7-17(15(14)2)18-8-4-10-22(18)19(23)21-13-16-12-20-9-5-11-24-16/h3,6-7,16,18,20H,4-5,8-13H2,1-2H3,(H,21,23). The maximum atomic E-state index is 12.7. The molecule has 1 aromatic carbocycles. The Morgan fingerprint density at radius 3 is 3.12 bits per heavy atom. The molecule has 0 bridgehead atoms. The number of carbonyl (C=O) groups is 1. The highest BCUT2D eigenvalue weighted by atomic mass is 16.5. The quantitative estimate of drug-likeness (QED) is 0.895. The Hall–Kier alpha value is -1.59. The van der Waals surface area contributed by atoms with E-state index in [4.69, 9.17) is 4.74 Å². The third-order valence-electron chi connectivity index (χ3n) is 5.22. The van der Waals surface area contributed by atoms with Gasteiger partial charge in [-0.25, -0.2) is 4.79 Å². The molecule has 2 aliphatic heterocycles. The first-order valence-electron chi connectivity index (χ1n) is 9.09. The Morgan fingerprint density at radius 1 is 1.38 bits per heavy atom. The van der Waals surface area contributed by atoms with Gasteiger partial charge in [0, 0.05) is 26.2 Å². The fraction of sp³-hybridized carbons (Fsp3) is 0.632. The maximum Gasteiger partial charge on any atom is 0.318 e. The average Bonchev–Trinajstić information content (AvgIpc) is 2.91. The van der Waals surface area contributed by atoms with Gasteiger partial charge in [-0.05, 0) is 56.3 Å². The van der Waals surface area contributed by atoms with Crippen molar-refractivity contribution >= 4 is 6.03 Å². The minimum absolute atomic E-state index is 0.0336. The molecule has 24 heavy (non-hydrogen) atoms. The summed E-state index contributed by atoms with van der Waals surface area (Å²) in [6.45, 7) is 8.25. The molecule has 5 nitrogen and oxygen atoms in total. The van der Waals surface area contributed by atoms with E-state index in [-0.39, 0.29) is 18.2 Å². The predicted octanol–water partition coefficient (Wildman–Crippen LogP) is 2.53. The lowest BCUT2D eigenvalue weighted by atomic mass is 9.96. The van der Waals surface area contributed by atoms with Crippen molar-refractivity contribution in [3.05, 3.63) is 34.9 Å². The van der Waals surface area contributed by atoms with Gasteiger partial charge in [-0.1, -0.05) is 18.2 Å². The van der Waals surface area contributed by atoms with Crippen molar-refractivity contribution in [2.75, 3.05) is 32.8 Å². The van der Waals surface area contributed by atoms with Gasteiger partial charge in [0.15, 0.2) is 0 Å². The van der Waals surface area contributed by atoms with E-state index in [2.05, 4.69) is 42.7 Å². The monoisotopic (exact) mass is 331 g/mol. The lowest BCUT2D eigenvalue weighted by Gasteiger charge is -2.28. The fourth-order valence-corrected chi connectivity index (χ4v) is 3.67. The van der Waals surface area contributed by atoms with Gasteiger partial charge >= 0.3 is 6.03 Å². The Morgan fingerprint density at radius 2 is 2.25 bits per heavy atom. The Labute approximate surface area is 144 Å². The molecule has 0 radical (unpaired) electrons. The fourth-order valence-electron chi connectivity index (χ4n) is 3.67. The number of likely N-dealkylation sites (tertiary alicyclic amines) is 1. The van der Waals surface area contributed by atoms with E-state index in [1.165, 1.54) is 16.7 Å². The molecule has 132 valence electrons. The van der Waals surface area contributed by atoms with E-state index in [1.807, 2.05) is 4.90 Å². The van der Waals surface area contributed by atoms with Crippen molar-refractivity contribution in [1.29, 1.82) is 0 Å².